The molecule has 0 bridgehead atoms. The summed E-state index contributed by atoms with van der Waals surface area (Å²) < 4.78 is 0. The van der Waals surface area contributed by atoms with Crippen molar-refractivity contribution in [3.05, 3.63) is 35.4 Å². The van der Waals surface area contributed by atoms with Gasteiger partial charge in [-0.3, -0.25) is 4.79 Å². The van der Waals surface area contributed by atoms with Gasteiger partial charge in [0, 0.05) is 12.0 Å². The number of amides is 1. The summed E-state index contributed by atoms with van der Waals surface area (Å²) in [5, 5.41) is 11.6. The third-order valence-electron chi connectivity index (χ3n) is 3.03. The van der Waals surface area contributed by atoms with Crippen LogP contribution in [0.25, 0.3) is 0 Å². The van der Waals surface area contributed by atoms with Gasteiger partial charge in [0.25, 0.3) is 0 Å². The van der Waals surface area contributed by atoms with E-state index in [1.54, 1.807) is 12.1 Å². The van der Waals surface area contributed by atoms with Crippen LogP contribution in [0.5, 0.6) is 0 Å². The quantitative estimate of drug-likeness (QED) is 0.864. The molecule has 90 valence electrons. The maximum absolute atomic E-state index is 11.8. The number of nitriles is 1. The second-order valence-electron chi connectivity index (χ2n) is 4.73. The van der Waals surface area contributed by atoms with Gasteiger partial charge in [-0.1, -0.05) is 32.9 Å². The first-order chi connectivity index (χ1) is 7.99. The highest BCUT2D eigenvalue weighted by Crippen LogP contribution is 2.19. The van der Waals surface area contributed by atoms with Crippen LogP contribution in [0.3, 0.4) is 0 Å². The number of nitrogens with one attached hydrogen (secondary N) is 1. The van der Waals surface area contributed by atoms with Crippen LogP contribution in [-0.2, 0) is 11.3 Å². The summed E-state index contributed by atoms with van der Waals surface area (Å²) in [5.74, 6) is 0.0596. The van der Waals surface area contributed by atoms with Crippen molar-refractivity contribution in [2.75, 3.05) is 0 Å². The Kier molecular flexibility index (Phi) is 4.28. The van der Waals surface area contributed by atoms with Crippen LogP contribution < -0.4 is 5.32 Å². The zero-order valence-electron chi connectivity index (χ0n) is 10.6. The molecule has 0 saturated heterocycles. The molecule has 1 N–H and O–H groups in total. The molecule has 0 aliphatic rings. The molecule has 0 unspecified atom stereocenters. The van der Waals surface area contributed by atoms with Crippen molar-refractivity contribution in [2.24, 2.45) is 5.41 Å². The lowest BCUT2D eigenvalue weighted by Gasteiger charge is -2.21. The average Bonchev–Trinajstić information content (AvgIpc) is 2.36. The summed E-state index contributed by atoms with van der Waals surface area (Å²) in [6.45, 7) is 6.37. The van der Waals surface area contributed by atoms with Crippen LogP contribution in [0, 0.1) is 16.7 Å². The molecule has 0 aromatic heterocycles. The van der Waals surface area contributed by atoms with Crippen molar-refractivity contribution >= 4 is 5.91 Å². The monoisotopic (exact) mass is 230 g/mol. The minimum Gasteiger partial charge on any atom is -0.352 e. The van der Waals surface area contributed by atoms with Gasteiger partial charge >= 0.3 is 0 Å². The number of hydrogen-bond acceptors (Lipinski definition) is 2. The van der Waals surface area contributed by atoms with Gasteiger partial charge in [0.1, 0.15) is 0 Å². The molecule has 0 aliphatic heterocycles. The molecule has 0 heterocycles. The van der Waals surface area contributed by atoms with Crippen molar-refractivity contribution in [1.29, 1.82) is 5.26 Å². The van der Waals surface area contributed by atoms with Gasteiger partial charge in [0.05, 0.1) is 11.6 Å². The summed E-state index contributed by atoms with van der Waals surface area (Å²) in [6.07, 6.45) is 0.812. The van der Waals surface area contributed by atoms with E-state index in [2.05, 4.69) is 11.4 Å². The fourth-order valence-corrected chi connectivity index (χ4v) is 1.28. The molecule has 17 heavy (non-hydrogen) atoms. The Labute approximate surface area is 102 Å². The second kappa shape index (κ2) is 5.49. The van der Waals surface area contributed by atoms with Crippen LogP contribution in [0.1, 0.15) is 38.3 Å². The predicted octanol–water partition coefficient (Wildman–Crippen LogP) is 2.61. The van der Waals surface area contributed by atoms with Crippen LogP contribution in [0.2, 0.25) is 0 Å². The molecule has 3 heteroatoms. The van der Waals surface area contributed by atoms with Crippen molar-refractivity contribution in [2.45, 2.75) is 33.7 Å². The Hall–Kier alpha value is -1.82. The molecular formula is C14H18N2O. The summed E-state index contributed by atoms with van der Waals surface area (Å²) in [6, 6.07) is 9.30. The number of carbonyl (C=O) groups is 1. The zero-order chi connectivity index (χ0) is 12.9. The minimum atomic E-state index is -0.327. The molecular weight excluding hydrogens is 212 g/mol. The molecule has 0 aliphatic carbocycles. The van der Waals surface area contributed by atoms with Gasteiger partial charge < -0.3 is 5.32 Å². The van der Waals surface area contributed by atoms with E-state index in [-0.39, 0.29) is 11.3 Å². The van der Waals surface area contributed by atoms with Gasteiger partial charge in [-0.25, -0.2) is 0 Å². The highest BCUT2D eigenvalue weighted by atomic mass is 16.2. The lowest BCUT2D eigenvalue weighted by Crippen LogP contribution is -2.35. The maximum Gasteiger partial charge on any atom is 0.225 e. The van der Waals surface area contributed by atoms with E-state index in [1.165, 1.54) is 0 Å². The van der Waals surface area contributed by atoms with E-state index in [4.69, 9.17) is 5.26 Å². The van der Waals surface area contributed by atoms with Gasteiger partial charge in [-0.05, 0) is 24.1 Å². The Balaban J connectivity index is 2.56. The predicted molar refractivity (Wildman–Crippen MR) is 67.1 cm³/mol. The number of carbonyl (C=O) groups excluding carboxylic acids is 1. The van der Waals surface area contributed by atoms with Crippen molar-refractivity contribution in [3.8, 4) is 6.07 Å². The molecule has 0 atom stereocenters. The second-order valence-corrected chi connectivity index (χ2v) is 4.73. The molecule has 1 aromatic rings. The average molecular weight is 230 g/mol. The number of hydrogen-bond donors (Lipinski definition) is 1. The van der Waals surface area contributed by atoms with Crippen molar-refractivity contribution < 1.29 is 4.79 Å². The molecule has 0 saturated carbocycles. The van der Waals surface area contributed by atoms with E-state index in [0.29, 0.717) is 12.1 Å². The third kappa shape index (κ3) is 3.60. The lowest BCUT2D eigenvalue weighted by molar-refractivity contribution is -0.129. The van der Waals surface area contributed by atoms with Crippen LogP contribution in [-0.4, -0.2) is 5.91 Å². The summed E-state index contributed by atoms with van der Waals surface area (Å²) >= 11 is 0. The Morgan fingerprint density at radius 3 is 2.41 bits per heavy atom. The molecule has 1 amide bonds. The van der Waals surface area contributed by atoms with E-state index in [9.17, 15) is 4.79 Å². The van der Waals surface area contributed by atoms with Crippen molar-refractivity contribution in [1.82, 2.24) is 5.32 Å². The molecule has 3 nitrogen and oxygen atoms in total. The zero-order valence-corrected chi connectivity index (χ0v) is 10.6. The summed E-state index contributed by atoms with van der Waals surface area (Å²) in [7, 11) is 0. The first-order valence-electron chi connectivity index (χ1n) is 5.77. The highest BCUT2D eigenvalue weighted by molar-refractivity contribution is 5.81. The summed E-state index contributed by atoms with van der Waals surface area (Å²) in [4.78, 5) is 11.8. The highest BCUT2D eigenvalue weighted by Gasteiger charge is 2.24. The minimum absolute atomic E-state index is 0.0596. The fraction of sp³-hybridized carbons (Fsp3) is 0.429. The van der Waals surface area contributed by atoms with Gasteiger partial charge in [0.2, 0.25) is 5.91 Å². The summed E-state index contributed by atoms with van der Waals surface area (Å²) in [5.41, 5.74) is 1.31. The maximum atomic E-state index is 11.8. The van der Waals surface area contributed by atoms with Crippen LogP contribution in [0.15, 0.2) is 24.3 Å². The SMILES string of the molecule is CCC(C)(C)C(=O)NCc1ccc(C#N)cc1. The van der Waals surface area contributed by atoms with Gasteiger partial charge in [-0.15, -0.1) is 0 Å². The lowest BCUT2D eigenvalue weighted by atomic mass is 9.89. The smallest absolute Gasteiger partial charge is 0.225 e. The standard InChI is InChI=1S/C14H18N2O/c1-4-14(2,3)13(17)16-10-12-7-5-11(9-15)6-8-12/h5-8H,4,10H2,1-3H3,(H,16,17). The fourth-order valence-electron chi connectivity index (χ4n) is 1.28. The van der Waals surface area contributed by atoms with Crippen LogP contribution >= 0.6 is 0 Å². The molecule has 0 radical (unpaired) electrons. The first kappa shape index (κ1) is 13.2. The van der Waals surface area contributed by atoms with E-state index >= 15 is 0 Å². The Morgan fingerprint density at radius 1 is 1.35 bits per heavy atom. The molecule has 0 fully saturated rings. The van der Waals surface area contributed by atoms with Gasteiger partial charge in [-0.2, -0.15) is 5.26 Å². The van der Waals surface area contributed by atoms with E-state index < -0.39 is 0 Å². The largest absolute Gasteiger partial charge is 0.352 e. The number of benzene rings is 1. The number of rotatable bonds is 4. The third-order valence-corrected chi connectivity index (χ3v) is 3.03. The topological polar surface area (TPSA) is 52.9 Å². The number of nitrogens with zero attached hydrogens (tertiary/aromatic N) is 1. The van der Waals surface area contributed by atoms with Gasteiger partial charge in [0.15, 0.2) is 0 Å². The molecule has 1 rings (SSSR count). The normalized spacial score (nSPS) is 10.7. The van der Waals surface area contributed by atoms with Crippen LogP contribution in [0.4, 0.5) is 0 Å². The molecule has 0 spiro atoms. The Morgan fingerprint density at radius 2 is 1.94 bits per heavy atom. The van der Waals surface area contributed by atoms with E-state index in [1.807, 2.05) is 32.9 Å². The Bertz CT molecular complexity index is 427. The first-order valence-corrected chi connectivity index (χ1v) is 5.77. The molecule has 1 aromatic carbocycles. The van der Waals surface area contributed by atoms with E-state index in [0.717, 1.165) is 12.0 Å². The van der Waals surface area contributed by atoms with Crippen molar-refractivity contribution in [3.63, 3.8) is 0 Å².